The highest BCUT2D eigenvalue weighted by molar-refractivity contribution is 6.10. The van der Waals surface area contributed by atoms with E-state index in [0.29, 0.717) is 37.2 Å². The van der Waals surface area contributed by atoms with Crippen LogP contribution in [0, 0.1) is 6.92 Å². The van der Waals surface area contributed by atoms with Crippen LogP contribution in [0.4, 0.5) is 5.69 Å². The molecule has 1 spiro atoms. The molecular formula is C25H23N5O2. The van der Waals surface area contributed by atoms with Crippen LogP contribution >= 0.6 is 0 Å². The molecule has 2 aromatic heterocycles. The molecule has 0 radical (unpaired) electrons. The summed E-state index contributed by atoms with van der Waals surface area (Å²) in [7, 11) is 0. The second kappa shape index (κ2) is 6.82. The Balaban J connectivity index is 1.26. The number of anilines is 1. The second-order valence-corrected chi connectivity index (χ2v) is 8.69. The fourth-order valence-electron chi connectivity index (χ4n) is 4.98. The van der Waals surface area contributed by atoms with Crippen LogP contribution in [0.1, 0.15) is 39.4 Å². The van der Waals surface area contributed by atoms with E-state index in [0.717, 1.165) is 33.2 Å². The van der Waals surface area contributed by atoms with Gasteiger partial charge in [-0.25, -0.2) is 4.98 Å². The van der Waals surface area contributed by atoms with Crippen LogP contribution < -0.4 is 10.6 Å². The molecule has 1 fully saturated rings. The molecule has 32 heavy (non-hydrogen) atoms. The Bertz CT molecular complexity index is 1400. The summed E-state index contributed by atoms with van der Waals surface area (Å²) in [5.41, 5.74) is 4.26. The average molecular weight is 425 g/mol. The van der Waals surface area contributed by atoms with Crippen LogP contribution in [0.2, 0.25) is 0 Å². The predicted octanol–water partition coefficient (Wildman–Crippen LogP) is 3.81. The van der Waals surface area contributed by atoms with Crippen LogP contribution in [0.3, 0.4) is 0 Å². The normalized spacial score (nSPS) is 17.3. The van der Waals surface area contributed by atoms with Crippen molar-refractivity contribution in [3.05, 3.63) is 71.5 Å². The van der Waals surface area contributed by atoms with Gasteiger partial charge in [-0.05, 0) is 31.2 Å². The van der Waals surface area contributed by atoms with Crippen molar-refractivity contribution in [2.45, 2.75) is 25.4 Å². The molecule has 2 amide bonds. The lowest BCUT2D eigenvalue weighted by atomic mass is 9.92. The first-order valence-electron chi connectivity index (χ1n) is 10.9. The minimum atomic E-state index is -0.521. The van der Waals surface area contributed by atoms with E-state index in [1.807, 2.05) is 60.4 Å². The molecule has 0 bridgehead atoms. The molecule has 2 aliphatic heterocycles. The summed E-state index contributed by atoms with van der Waals surface area (Å²) in [5.74, 6) is -0.140. The fourth-order valence-corrected chi connectivity index (χ4v) is 4.98. The third kappa shape index (κ3) is 2.85. The monoisotopic (exact) mass is 425 g/mol. The number of carbonyl (C=O) groups is 2. The highest BCUT2D eigenvalue weighted by Gasteiger charge is 2.41. The van der Waals surface area contributed by atoms with Crippen molar-refractivity contribution >= 4 is 39.3 Å². The Hall–Kier alpha value is -3.87. The largest absolute Gasteiger partial charge is 0.362 e. The Morgan fingerprint density at radius 2 is 1.75 bits per heavy atom. The molecule has 0 atom stereocenters. The zero-order valence-electron chi connectivity index (χ0n) is 17.7. The molecule has 4 aromatic rings. The number of hydrogen-bond donors (Lipinski definition) is 3. The van der Waals surface area contributed by atoms with Crippen molar-refractivity contribution in [3.63, 3.8) is 0 Å². The highest BCUT2D eigenvalue weighted by atomic mass is 16.2. The van der Waals surface area contributed by atoms with Crippen LogP contribution in [-0.4, -0.2) is 45.4 Å². The number of rotatable bonds is 1. The zero-order valence-corrected chi connectivity index (χ0v) is 17.7. The minimum Gasteiger partial charge on any atom is -0.362 e. The molecule has 0 unspecified atom stereocenters. The van der Waals surface area contributed by atoms with Gasteiger partial charge >= 0.3 is 0 Å². The molecule has 3 N–H and O–H groups in total. The summed E-state index contributed by atoms with van der Waals surface area (Å²) in [6.07, 6.45) is 1.26. The molecule has 4 heterocycles. The number of carbonyl (C=O) groups excluding carboxylic acids is 2. The Morgan fingerprint density at radius 1 is 1.00 bits per heavy atom. The van der Waals surface area contributed by atoms with E-state index in [2.05, 4.69) is 26.7 Å². The first-order valence-corrected chi connectivity index (χ1v) is 10.9. The van der Waals surface area contributed by atoms with Crippen LogP contribution in [-0.2, 0) is 0 Å². The van der Waals surface area contributed by atoms with E-state index in [9.17, 15) is 9.59 Å². The van der Waals surface area contributed by atoms with Gasteiger partial charge in [-0.1, -0.05) is 30.3 Å². The van der Waals surface area contributed by atoms with Crippen molar-refractivity contribution < 1.29 is 9.59 Å². The number of benzene rings is 2. The SMILES string of the molecule is Cc1nc(C(=O)N2CCC3(CC2)NC(=O)c2ccccc2N3)cc2c1[nH]c1ccccc12. The van der Waals surface area contributed by atoms with Crippen molar-refractivity contribution in [2.24, 2.45) is 0 Å². The van der Waals surface area contributed by atoms with Gasteiger partial charge in [0.15, 0.2) is 0 Å². The summed E-state index contributed by atoms with van der Waals surface area (Å²) < 4.78 is 0. The number of nitrogens with one attached hydrogen (secondary N) is 3. The standard InChI is InChI=1S/C25H23N5O2/c1-15-22-18(16-6-2-4-8-19(16)27-22)14-21(26-15)24(32)30-12-10-25(11-13-30)28-20-9-5-3-7-17(20)23(31)29-25/h2-9,14,27-28H,10-13H2,1H3,(H,29,31). The van der Waals surface area contributed by atoms with Gasteiger partial charge in [0.1, 0.15) is 11.4 Å². The van der Waals surface area contributed by atoms with E-state index < -0.39 is 5.66 Å². The quantitative estimate of drug-likeness (QED) is 0.433. The number of para-hydroxylation sites is 2. The maximum Gasteiger partial charge on any atom is 0.272 e. The smallest absolute Gasteiger partial charge is 0.272 e. The molecule has 160 valence electrons. The molecular weight excluding hydrogens is 402 g/mol. The van der Waals surface area contributed by atoms with Crippen molar-refractivity contribution in [1.29, 1.82) is 0 Å². The number of likely N-dealkylation sites (tertiary alicyclic amines) is 1. The predicted molar refractivity (Wildman–Crippen MR) is 124 cm³/mol. The van der Waals surface area contributed by atoms with Crippen molar-refractivity contribution in [3.8, 4) is 0 Å². The first-order chi connectivity index (χ1) is 15.5. The van der Waals surface area contributed by atoms with E-state index in [1.54, 1.807) is 0 Å². The van der Waals surface area contributed by atoms with Gasteiger partial charge in [-0.2, -0.15) is 0 Å². The number of fused-ring (bicyclic) bond motifs is 4. The van der Waals surface area contributed by atoms with Crippen LogP contribution in [0.15, 0.2) is 54.6 Å². The number of amides is 2. The highest BCUT2D eigenvalue weighted by Crippen LogP contribution is 2.32. The van der Waals surface area contributed by atoms with E-state index in [4.69, 9.17) is 0 Å². The van der Waals surface area contributed by atoms with E-state index in [-0.39, 0.29) is 11.8 Å². The third-order valence-electron chi connectivity index (χ3n) is 6.70. The van der Waals surface area contributed by atoms with Gasteiger partial charge in [-0.15, -0.1) is 0 Å². The topological polar surface area (TPSA) is 90.1 Å². The summed E-state index contributed by atoms with van der Waals surface area (Å²) in [6.45, 7) is 3.01. The third-order valence-corrected chi connectivity index (χ3v) is 6.70. The summed E-state index contributed by atoms with van der Waals surface area (Å²) >= 11 is 0. The second-order valence-electron chi connectivity index (χ2n) is 8.69. The summed E-state index contributed by atoms with van der Waals surface area (Å²) in [5, 5.41) is 8.74. The number of nitrogens with zero attached hydrogens (tertiary/aromatic N) is 2. The Morgan fingerprint density at radius 3 is 2.59 bits per heavy atom. The number of aromatic nitrogens is 2. The molecule has 2 aromatic carbocycles. The minimum absolute atomic E-state index is 0.0683. The average Bonchev–Trinajstić information content (AvgIpc) is 3.19. The van der Waals surface area contributed by atoms with Gasteiger partial charge in [-0.3, -0.25) is 9.59 Å². The molecule has 0 saturated carbocycles. The Labute approximate surface area is 184 Å². The molecule has 7 heteroatoms. The Kier molecular flexibility index (Phi) is 4.02. The summed E-state index contributed by atoms with van der Waals surface area (Å²) in [4.78, 5) is 35.8. The molecule has 0 aliphatic carbocycles. The number of H-pyrrole nitrogens is 1. The van der Waals surface area contributed by atoms with Crippen molar-refractivity contribution in [2.75, 3.05) is 18.4 Å². The number of aromatic amines is 1. The molecule has 7 nitrogen and oxygen atoms in total. The lowest BCUT2D eigenvalue weighted by Crippen LogP contribution is -2.62. The number of piperidine rings is 1. The van der Waals surface area contributed by atoms with Crippen molar-refractivity contribution in [1.82, 2.24) is 20.2 Å². The number of aryl methyl sites for hydroxylation is 1. The zero-order chi connectivity index (χ0) is 21.9. The van der Waals surface area contributed by atoms with Gasteiger partial charge in [0.2, 0.25) is 0 Å². The number of hydrogen-bond acceptors (Lipinski definition) is 4. The number of pyridine rings is 1. The van der Waals surface area contributed by atoms with Gasteiger partial charge in [0.05, 0.1) is 16.8 Å². The van der Waals surface area contributed by atoms with E-state index in [1.165, 1.54) is 0 Å². The lowest BCUT2D eigenvalue weighted by Gasteiger charge is -2.45. The summed E-state index contributed by atoms with van der Waals surface area (Å²) in [6, 6.07) is 17.5. The van der Waals surface area contributed by atoms with Gasteiger partial charge in [0.25, 0.3) is 11.8 Å². The fraction of sp³-hybridized carbons (Fsp3) is 0.240. The maximum atomic E-state index is 13.3. The molecule has 1 saturated heterocycles. The molecule has 2 aliphatic rings. The molecule has 6 rings (SSSR count). The first kappa shape index (κ1) is 18.9. The van der Waals surface area contributed by atoms with Gasteiger partial charge in [0, 0.05) is 47.9 Å². The van der Waals surface area contributed by atoms with Crippen LogP contribution in [0.25, 0.3) is 21.8 Å². The van der Waals surface area contributed by atoms with E-state index >= 15 is 0 Å². The van der Waals surface area contributed by atoms with Gasteiger partial charge < -0.3 is 20.5 Å². The lowest BCUT2D eigenvalue weighted by molar-refractivity contribution is 0.0634. The maximum absolute atomic E-state index is 13.3. The van der Waals surface area contributed by atoms with Crippen LogP contribution in [0.5, 0.6) is 0 Å².